The van der Waals surface area contributed by atoms with E-state index < -0.39 is 108 Å². The average molecular weight is 793 g/mol. The molecular formula is C37H52N4O15. The van der Waals surface area contributed by atoms with Gasteiger partial charge in [0.2, 0.25) is 0 Å². The Morgan fingerprint density at radius 2 is 1.30 bits per heavy atom. The summed E-state index contributed by atoms with van der Waals surface area (Å²) in [7, 11) is 0. The van der Waals surface area contributed by atoms with Crippen molar-refractivity contribution in [3.05, 3.63) is 50.1 Å². The van der Waals surface area contributed by atoms with E-state index in [-0.39, 0.29) is 40.2 Å². The number of nitrogens with one attached hydrogen (secondary N) is 2. The predicted octanol–water partition coefficient (Wildman–Crippen LogP) is -0.156. The third kappa shape index (κ3) is 10.5. The average Bonchev–Trinajstić information content (AvgIpc) is 3.30. The molecule has 2 aromatic rings. The van der Waals surface area contributed by atoms with Crippen molar-refractivity contribution in [2.24, 2.45) is 0 Å². The summed E-state index contributed by atoms with van der Waals surface area (Å²) in [5, 5.41) is 74.5. The smallest absolute Gasteiger partial charge is 0.411 e. The van der Waals surface area contributed by atoms with Crippen LogP contribution in [-0.4, -0.2) is 166 Å². The van der Waals surface area contributed by atoms with Crippen molar-refractivity contribution in [2.75, 3.05) is 76.5 Å². The van der Waals surface area contributed by atoms with Crippen LogP contribution in [-0.2, 0) is 9.47 Å². The number of hydrogen-bond acceptors (Lipinski definition) is 15. The number of aliphatic hydroxyl groups excluding tert-OH is 7. The molecule has 0 saturated carbocycles. The molecule has 1 aliphatic heterocycles. The molecule has 0 radical (unpaired) electrons. The fourth-order valence-corrected chi connectivity index (χ4v) is 6.37. The second-order valence-corrected chi connectivity index (χ2v) is 13.5. The predicted molar refractivity (Wildman–Crippen MR) is 199 cm³/mol. The van der Waals surface area contributed by atoms with Gasteiger partial charge in [0.1, 0.15) is 25.1 Å². The first-order chi connectivity index (χ1) is 26.4. The van der Waals surface area contributed by atoms with E-state index in [1.165, 1.54) is 13.8 Å². The van der Waals surface area contributed by atoms with Crippen LogP contribution in [0.4, 0.5) is 21.0 Å². The van der Waals surface area contributed by atoms with E-state index in [4.69, 9.17) is 14.2 Å². The van der Waals surface area contributed by atoms with Crippen LogP contribution in [0.5, 0.6) is 5.75 Å². The summed E-state index contributed by atoms with van der Waals surface area (Å²) >= 11 is 0. The number of benzene rings is 2. The minimum Gasteiger partial charge on any atom is -0.484 e. The first kappa shape index (κ1) is 45.5. The summed E-state index contributed by atoms with van der Waals surface area (Å²) in [6.45, 7) is 4.39. The van der Waals surface area contributed by atoms with Gasteiger partial charge in [0.25, 0.3) is 11.8 Å². The van der Waals surface area contributed by atoms with Gasteiger partial charge in [0.15, 0.2) is 6.29 Å². The Hall–Kier alpha value is -4.89. The molecule has 56 heavy (non-hydrogen) atoms. The molecule has 2 aromatic carbocycles. The highest BCUT2D eigenvalue weighted by molar-refractivity contribution is 6.09. The number of ether oxygens (including phenoxy) is 3. The third-order valence-electron chi connectivity index (χ3n) is 9.60. The van der Waals surface area contributed by atoms with E-state index in [1.54, 1.807) is 20.8 Å². The standard InChI is InChI=1S/C37H52N4O15/c1-18-19(2)28(17-46)21(4)31(20(18)3)38-36(52)54-7-8-55-37(53)39-32-22(5)29(34(50)40(9-24(47)13-42)10-25(48)14-43)33-30(23(32)6)35(51)41(11-26(49)15-44)12-27(16-45)56-33/h17,24-27,42-45,47-49H,7-16H2,1-6H3,(H,38,52)(H,39,53). The van der Waals surface area contributed by atoms with E-state index in [0.29, 0.717) is 23.1 Å². The van der Waals surface area contributed by atoms with Crippen molar-refractivity contribution in [2.45, 2.75) is 66.0 Å². The van der Waals surface area contributed by atoms with Gasteiger partial charge in [0.05, 0.1) is 73.8 Å². The molecule has 1 aliphatic rings. The molecule has 1 heterocycles. The maximum Gasteiger partial charge on any atom is 0.411 e. The fraction of sp³-hybridized carbons (Fsp3) is 0.541. The number of rotatable bonds is 17. The zero-order chi connectivity index (χ0) is 42.0. The largest absolute Gasteiger partial charge is 0.484 e. The number of fused-ring (bicyclic) bond motifs is 1. The number of anilines is 2. The molecule has 4 unspecified atom stereocenters. The van der Waals surface area contributed by atoms with Crippen LogP contribution in [0.15, 0.2) is 0 Å². The van der Waals surface area contributed by atoms with Gasteiger partial charge in [-0.2, -0.15) is 0 Å². The summed E-state index contributed by atoms with van der Waals surface area (Å²) < 4.78 is 16.5. The first-order valence-electron chi connectivity index (χ1n) is 17.8. The maximum absolute atomic E-state index is 14.3. The van der Waals surface area contributed by atoms with Gasteiger partial charge in [-0.3, -0.25) is 25.0 Å². The molecule has 19 heteroatoms. The van der Waals surface area contributed by atoms with Gasteiger partial charge in [0, 0.05) is 25.2 Å². The lowest BCUT2D eigenvalue weighted by molar-refractivity contribution is 0.0202. The molecule has 310 valence electrons. The van der Waals surface area contributed by atoms with Gasteiger partial charge < -0.3 is 59.8 Å². The lowest BCUT2D eigenvalue weighted by Crippen LogP contribution is -2.44. The van der Waals surface area contributed by atoms with Crippen LogP contribution in [0.3, 0.4) is 0 Å². The number of carbonyl (C=O) groups excluding carboxylic acids is 5. The van der Waals surface area contributed by atoms with Gasteiger partial charge in [-0.25, -0.2) is 9.59 Å². The van der Waals surface area contributed by atoms with Gasteiger partial charge in [-0.1, -0.05) is 0 Å². The molecule has 0 aromatic heterocycles. The second-order valence-electron chi connectivity index (χ2n) is 13.5. The van der Waals surface area contributed by atoms with Crippen LogP contribution in [0.25, 0.3) is 0 Å². The molecule has 9 N–H and O–H groups in total. The van der Waals surface area contributed by atoms with Crippen molar-refractivity contribution in [3.63, 3.8) is 0 Å². The van der Waals surface area contributed by atoms with Crippen molar-refractivity contribution < 1.29 is 73.9 Å². The molecule has 0 fully saturated rings. The highest BCUT2D eigenvalue weighted by atomic mass is 16.6. The van der Waals surface area contributed by atoms with Crippen LogP contribution in [0.2, 0.25) is 0 Å². The lowest BCUT2D eigenvalue weighted by Gasteiger charge is -2.29. The highest BCUT2D eigenvalue weighted by Crippen LogP contribution is 2.40. The molecule has 0 bridgehead atoms. The second kappa shape index (κ2) is 20.3. The zero-order valence-corrected chi connectivity index (χ0v) is 32.2. The summed E-state index contributed by atoms with van der Waals surface area (Å²) in [6.07, 6.45) is -6.78. The molecular weight excluding hydrogens is 740 g/mol. The lowest BCUT2D eigenvalue weighted by atomic mass is 9.93. The minimum atomic E-state index is -1.49. The highest BCUT2D eigenvalue weighted by Gasteiger charge is 2.38. The molecule has 4 amide bonds. The molecule has 0 saturated heterocycles. The number of aldehydes is 1. The van der Waals surface area contributed by atoms with E-state index in [1.807, 2.05) is 6.92 Å². The Labute approximate surface area is 323 Å². The normalized spacial score (nSPS) is 15.5. The SMILES string of the molecule is Cc1c(C)c(C=O)c(C)c(NC(=O)OCCOC(=O)Nc2c(C)c(C(=O)N(CC(O)CO)CC(O)CO)c3c(c2C)C(=O)N(CC(O)CO)CC(CO)O3)c1C. The molecule has 3 rings (SSSR count). The van der Waals surface area contributed by atoms with Crippen molar-refractivity contribution in [1.82, 2.24) is 9.80 Å². The Morgan fingerprint density at radius 1 is 0.786 bits per heavy atom. The summed E-state index contributed by atoms with van der Waals surface area (Å²) in [4.78, 5) is 67.9. The topological polar surface area (TPSA) is 285 Å². The minimum absolute atomic E-state index is 0.0166. The first-order valence-corrected chi connectivity index (χ1v) is 17.8. The van der Waals surface area contributed by atoms with Crippen molar-refractivity contribution in [3.8, 4) is 5.75 Å². The van der Waals surface area contributed by atoms with Crippen LogP contribution in [0, 0.1) is 41.5 Å². The number of hydrogen-bond donors (Lipinski definition) is 9. The molecule has 0 spiro atoms. The van der Waals surface area contributed by atoms with Crippen LogP contribution >= 0.6 is 0 Å². The van der Waals surface area contributed by atoms with E-state index >= 15 is 0 Å². The molecule has 4 atom stereocenters. The fourth-order valence-electron chi connectivity index (χ4n) is 6.37. The quantitative estimate of drug-likeness (QED) is 0.0744. The Bertz CT molecular complexity index is 1770. The van der Waals surface area contributed by atoms with Crippen molar-refractivity contribution >= 4 is 41.7 Å². The maximum atomic E-state index is 14.3. The number of aliphatic hydroxyl groups is 7. The summed E-state index contributed by atoms with van der Waals surface area (Å²) in [5.74, 6) is -2.10. The van der Waals surface area contributed by atoms with Crippen LogP contribution in [0.1, 0.15) is 64.5 Å². The number of nitrogens with zero attached hydrogens (tertiary/aromatic N) is 2. The Balaban J connectivity index is 1.97. The summed E-state index contributed by atoms with van der Waals surface area (Å²) in [6, 6.07) is 0. The van der Waals surface area contributed by atoms with Gasteiger partial charge in [-0.15, -0.1) is 0 Å². The van der Waals surface area contributed by atoms with E-state index in [0.717, 1.165) is 26.5 Å². The van der Waals surface area contributed by atoms with Gasteiger partial charge in [-0.05, 0) is 74.9 Å². The van der Waals surface area contributed by atoms with Gasteiger partial charge >= 0.3 is 12.2 Å². The number of β-amino-alcohol motifs (C(OH)–C–C–N with tert-alkyl or cyclic N) is 1. The number of carbonyl (C=O) groups is 5. The van der Waals surface area contributed by atoms with E-state index in [2.05, 4.69) is 10.6 Å². The summed E-state index contributed by atoms with van der Waals surface area (Å²) in [5.41, 5.74) is 3.11. The Kier molecular flexibility index (Phi) is 16.5. The number of amides is 4. The molecule has 19 nitrogen and oxygen atoms in total. The third-order valence-corrected chi connectivity index (χ3v) is 9.60. The molecule has 0 aliphatic carbocycles. The Morgan fingerprint density at radius 3 is 1.79 bits per heavy atom. The van der Waals surface area contributed by atoms with E-state index in [9.17, 15) is 59.7 Å². The van der Waals surface area contributed by atoms with Crippen molar-refractivity contribution in [1.29, 1.82) is 0 Å². The zero-order valence-electron chi connectivity index (χ0n) is 32.2. The van der Waals surface area contributed by atoms with Crippen LogP contribution < -0.4 is 15.4 Å². The monoisotopic (exact) mass is 792 g/mol.